The summed E-state index contributed by atoms with van der Waals surface area (Å²) in [7, 11) is 0. The largest absolute Gasteiger partial charge is 0.491 e. The third-order valence-corrected chi connectivity index (χ3v) is 4.76. The Morgan fingerprint density at radius 1 is 0.889 bits per heavy atom. The van der Waals surface area contributed by atoms with Crippen molar-refractivity contribution in [3.8, 4) is 16.9 Å². The molecule has 0 atom stereocenters. The fourth-order valence-electron chi connectivity index (χ4n) is 3.10. The Balaban J connectivity index is 1.58. The Kier molecular flexibility index (Phi) is 4.85. The third-order valence-electron chi connectivity index (χ3n) is 4.43. The molecule has 0 radical (unpaired) electrons. The molecule has 1 N–H and O–H groups in total. The zero-order chi connectivity index (χ0) is 18.6. The summed E-state index contributed by atoms with van der Waals surface area (Å²) in [6.07, 6.45) is 0. The summed E-state index contributed by atoms with van der Waals surface area (Å²) in [6, 6.07) is 25.3. The lowest BCUT2D eigenvalue weighted by atomic mass is 10.1. The first kappa shape index (κ1) is 17.2. The van der Waals surface area contributed by atoms with Crippen molar-refractivity contribution in [2.45, 2.75) is 6.54 Å². The second-order valence-corrected chi connectivity index (χ2v) is 6.53. The van der Waals surface area contributed by atoms with Gasteiger partial charge in [0.05, 0.1) is 17.4 Å². The molecular formula is C22H18N2O2S. The minimum Gasteiger partial charge on any atom is -0.491 e. The molecule has 27 heavy (non-hydrogen) atoms. The van der Waals surface area contributed by atoms with E-state index >= 15 is 0 Å². The number of rotatable bonds is 5. The van der Waals surface area contributed by atoms with Gasteiger partial charge in [-0.1, -0.05) is 60.7 Å². The molecule has 0 unspecified atom stereocenters. The average Bonchev–Trinajstić information content (AvgIpc) is 2.71. The summed E-state index contributed by atoms with van der Waals surface area (Å²) < 4.78 is 7.94. The van der Waals surface area contributed by atoms with E-state index in [1.807, 2.05) is 72.8 Å². The van der Waals surface area contributed by atoms with Crippen molar-refractivity contribution in [3.63, 3.8) is 0 Å². The van der Waals surface area contributed by atoms with Crippen molar-refractivity contribution in [2.75, 3.05) is 6.61 Å². The van der Waals surface area contributed by atoms with Crippen molar-refractivity contribution in [1.29, 1.82) is 0 Å². The van der Waals surface area contributed by atoms with E-state index in [1.165, 1.54) is 0 Å². The highest BCUT2D eigenvalue weighted by molar-refractivity contribution is 7.71. The summed E-state index contributed by atoms with van der Waals surface area (Å²) in [5.41, 5.74) is 2.76. The molecule has 5 heteroatoms. The maximum absolute atomic E-state index is 12.7. The van der Waals surface area contributed by atoms with Crippen molar-refractivity contribution < 1.29 is 4.74 Å². The van der Waals surface area contributed by atoms with Gasteiger partial charge in [-0.15, -0.1) is 0 Å². The molecule has 0 fully saturated rings. The normalized spacial score (nSPS) is 10.8. The van der Waals surface area contributed by atoms with Gasteiger partial charge in [0.15, 0.2) is 4.77 Å². The van der Waals surface area contributed by atoms with Crippen LogP contribution in [0, 0.1) is 4.77 Å². The summed E-state index contributed by atoms with van der Waals surface area (Å²) in [6.45, 7) is 0.724. The number of para-hydroxylation sites is 2. The highest BCUT2D eigenvalue weighted by Gasteiger charge is 2.08. The molecule has 4 rings (SSSR count). The molecule has 0 amide bonds. The second-order valence-electron chi connectivity index (χ2n) is 6.14. The van der Waals surface area contributed by atoms with Crippen molar-refractivity contribution in [2.24, 2.45) is 0 Å². The molecule has 0 spiro atoms. The van der Waals surface area contributed by atoms with Crippen LogP contribution >= 0.6 is 12.2 Å². The number of nitrogens with zero attached hydrogens (tertiary/aromatic N) is 1. The van der Waals surface area contributed by atoms with Crippen molar-refractivity contribution in [3.05, 3.63) is 94.0 Å². The third kappa shape index (κ3) is 3.55. The molecule has 4 aromatic rings. The number of nitrogens with one attached hydrogen (secondary N) is 1. The number of H-pyrrole nitrogens is 1. The van der Waals surface area contributed by atoms with Crippen molar-refractivity contribution >= 4 is 23.1 Å². The number of hydrogen-bond donors (Lipinski definition) is 1. The van der Waals surface area contributed by atoms with Gasteiger partial charge in [-0.3, -0.25) is 9.36 Å². The van der Waals surface area contributed by atoms with Gasteiger partial charge in [-0.2, -0.15) is 0 Å². The SMILES string of the molecule is O=c1c2ccccc2[nH]c(=S)n1CCOc1ccccc1-c1ccccc1. The maximum atomic E-state index is 12.7. The van der Waals surface area contributed by atoms with Crippen LogP contribution in [0.2, 0.25) is 0 Å². The van der Waals surface area contributed by atoms with E-state index < -0.39 is 0 Å². The van der Waals surface area contributed by atoms with Crippen molar-refractivity contribution in [1.82, 2.24) is 9.55 Å². The van der Waals surface area contributed by atoms with Crippen LogP contribution in [0.1, 0.15) is 0 Å². The lowest BCUT2D eigenvalue weighted by Gasteiger charge is -2.13. The molecule has 1 aromatic heterocycles. The smallest absolute Gasteiger partial charge is 0.262 e. The van der Waals surface area contributed by atoms with Crippen LogP contribution in [0.3, 0.4) is 0 Å². The number of fused-ring (bicyclic) bond motifs is 1. The minimum absolute atomic E-state index is 0.103. The molecule has 0 bridgehead atoms. The lowest BCUT2D eigenvalue weighted by molar-refractivity contribution is 0.296. The topological polar surface area (TPSA) is 47.0 Å². The van der Waals surface area contributed by atoms with E-state index in [2.05, 4.69) is 4.98 Å². The predicted molar refractivity (Wildman–Crippen MR) is 111 cm³/mol. The monoisotopic (exact) mass is 374 g/mol. The molecule has 4 nitrogen and oxygen atoms in total. The molecule has 0 saturated carbocycles. The molecule has 0 aliphatic rings. The van der Waals surface area contributed by atoms with E-state index in [4.69, 9.17) is 17.0 Å². The van der Waals surface area contributed by atoms with Crippen LogP contribution in [-0.4, -0.2) is 16.2 Å². The standard InChI is InChI=1S/C22H18N2O2S/c25-21-18-11-4-6-12-19(18)23-22(27)24(21)14-15-26-20-13-7-5-10-17(20)16-8-2-1-3-9-16/h1-13H,14-15H2,(H,23,27). The first-order chi connectivity index (χ1) is 13.2. The second kappa shape index (κ2) is 7.60. The average molecular weight is 374 g/mol. The Morgan fingerprint density at radius 2 is 1.59 bits per heavy atom. The number of aromatic nitrogens is 2. The van der Waals surface area contributed by atoms with Gasteiger partial charge < -0.3 is 9.72 Å². The molecule has 3 aromatic carbocycles. The summed E-state index contributed by atoms with van der Waals surface area (Å²) in [5, 5.41) is 0.621. The number of hydrogen-bond acceptors (Lipinski definition) is 3. The molecular weight excluding hydrogens is 356 g/mol. The maximum Gasteiger partial charge on any atom is 0.262 e. The fourth-order valence-corrected chi connectivity index (χ4v) is 3.38. The first-order valence-electron chi connectivity index (χ1n) is 8.73. The van der Waals surface area contributed by atoms with Gasteiger partial charge in [0, 0.05) is 5.56 Å². The van der Waals surface area contributed by atoms with Gasteiger partial charge >= 0.3 is 0 Å². The number of aromatic amines is 1. The summed E-state index contributed by atoms with van der Waals surface area (Å²) >= 11 is 5.35. The van der Waals surface area contributed by atoms with Crippen LogP contribution < -0.4 is 10.3 Å². The van der Waals surface area contributed by atoms with E-state index in [1.54, 1.807) is 10.6 Å². The van der Waals surface area contributed by atoms with E-state index in [0.717, 1.165) is 22.4 Å². The van der Waals surface area contributed by atoms with Crippen LogP contribution in [0.25, 0.3) is 22.0 Å². The molecule has 0 saturated heterocycles. The Hall–Kier alpha value is -3.18. The van der Waals surface area contributed by atoms with Gasteiger partial charge in [-0.05, 0) is 36.0 Å². The Bertz CT molecular complexity index is 1200. The summed E-state index contributed by atoms with van der Waals surface area (Å²) in [5.74, 6) is 0.785. The summed E-state index contributed by atoms with van der Waals surface area (Å²) in [4.78, 5) is 15.8. The highest BCUT2D eigenvalue weighted by atomic mass is 32.1. The van der Waals surface area contributed by atoms with E-state index in [0.29, 0.717) is 23.3 Å². The molecule has 134 valence electrons. The zero-order valence-electron chi connectivity index (χ0n) is 14.6. The number of ether oxygens (including phenoxy) is 1. The Morgan fingerprint density at radius 3 is 2.44 bits per heavy atom. The molecule has 0 aliphatic carbocycles. The highest BCUT2D eigenvalue weighted by Crippen LogP contribution is 2.29. The Labute approximate surface area is 161 Å². The van der Waals surface area contributed by atoms with Gasteiger partial charge in [0.25, 0.3) is 5.56 Å². The van der Waals surface area contributed by atoms with Crippen LogP contribution in [0.4, 0.5) is 0 Å². The van der Waals surface area contributed by atoms with Gasteiger partial charge in [0.2, 0.25) is 0 Å². The molecule has 1 heterocycles. The quantitative estimate of drug-likeness (QED) is 0.510. The van der Waals surface area contributed by atoms with E-state index in [9.17, 15) is 4.79 Å². The molecule has 0 aliphatic heterocycles. The van der Waals surface area contributed by atoms with Gasteiger partial charge in [0.1, 0.15) is 12.4 Å². The zero-order valence-corrected chi connectivity index (χ0v) is 15.4. The first-order valence-corrected chi connectivity index (χ1v) is 9.14. The van der Waals surface area contributed by atoms with Crippen LogP contribution in [-0.2, 0) is 6.54 Å². The fraction of sp³-hybridized carbons (Fsp3) is 0.0909. The minimum atomic E-state index is -0.103. The van der Waals surface area contributed by atoms with Crippen LogP contribution in [0.5, 0.6) is 5.75 Å². The van der Waals surface area contributed by atoms with Crippen LogP contribution in [0.15, 0.2) is 83.7 Å². The van der Waals surface area contributed by atoms with Gasteiger partial charge in [-0.25, -0.2) is 0 Å². The number of benzene rings is 3. The predicted octanol–water partition coefficient (Wildman–Crippen LogP) is 4.81. The van der Waals surface area contributed by atoms with E-state index in [-0.39, 0.29) is 5.56 Å². The lowest BCUT2D eigenvalue weighted by Crippen LogP contribution is -2.25.